The Morgan fingerprint density at radius 3 is 2.04 bits per heavy atom. The maximum atomic E-state index is 2.38. The molecule has 3 aromatic carbocycles. The van der Waals surface area contributed by atoms with Crippen LogP contribution in [0.4, 0.5) is 0 Å². The van der Waals surface area contributed by atoms with Crippen LogP contribution in [0.25, 0.3) is 5.69 Å². The summed E-state index contributed by atoms with van der Waals surface area (Å²) < 4.78 is 4.52. The molecule has 0 aliphatic carbocycles. The predicted molar refractivity (Wildman–Crippen MR) is 115 cm³/mol. The molecule has 4 aromatic rings. The van der Waals surface area contributed by atoms with E-state index >= 15 is 0 Å². The molecule has 0 saturated heterocycles. The van der Waals surface area contributed by atoms with Gasteiger partial charge in [0.25, 0.3) is 0 Å². The molecule has 2 heteroatoms. The molecule has 2 nitrogen and oxygen atoms in total. The van der Waals surface area contributed by atoms with Crippen molar-refractivity contribution < 1.29 is 4.57 Å². The summed E-state index contributed by atoms with van der Waals surface area (Å²) in [6.45, 7) is 4.71. The van der Waals surface area contributed by atoms with Gasteiger partial charge in [-0.05, 0) is 36.6 Å². The van der Waals surface area contributed by atoms with Crippen molar-refractivity contribution in [3.8, 4) is 5.69 Å². The van der Waals surface area contributed by atoms with E-state index in [-0.39, 0.29) is 5.41 Å². The first-order valence-corrected chi connectivity index (χ1v) is 9.90. The van der Waals surface area contributed by atoms with Crippen LogP contribution >= 0.6 is 0 Å². The number of para-hydroxylation sites is 1. The quantitative estimate of drug-likeness (QED) is 0.396. The van der Waals surface area contributed by atoms with Crippen molar-refractivity contribution in [3.05, 3.63) is 121 Å². The zero-order valence-electron chi connectivity index (χ0n) is 16.6. The highest BCUT2D eigenvalue weighted by Crippen LogP contribution is 2.36. The summed E-state index contributed by atoms with van der Waals surface area (Å²) >= 11 is 0. The minimum atomic E-state index is -0.0316. The fraction of sp³-hybridized carbons (Fsp3) is 0.192. The Kier molecular flexibility index (Phi) is 5.12. The maximum absolute atomic E-state index is 2.38. The summed E-state index contributed by atoms with van der Waals surface area (Å²) in [6, 6.07) is 32.5. The Hall–Kier alpha value is -3.13. The Bertz CT molecular complexity index is 1010. The molecular formula is C26H27N2+. The lowest BCUT2D eigenvalue weighted by Gasteiger charge is -2.34. The van der Waals surface area contributed by atoms with Gasteiger partial charge in [0.1, 0.15) is 24.1 Å². The van der Waals surface area contributed by atoms with Gasteiger partial charge in [-0.3, -0.25) is 0 Å². The number of aromatic nitrogens is 2. The Morgan fingerprint density at radius 2 is 1.39 bits per heavy atom. The Labute approximate surface area is 167 Å². The van der Waals surface area contributed by atoms with Crippen molar-refractivity contribution in [1.29, 1.82) is 0 Å². The van der Waals surface area contributed by atoms with Crippen molar-refractivity contribution >= 4 is 0 Å². The molecule has 0 N–H and O–H groups in total. The summed E-state index contributed by atoms with van der Waals surface area (Å²) in [6.07, 6.45) is 7.51. The molecule has 0 saturated carbocycles. The minimum Gasteiger partial charge on any atom is -0.233 e. The summed E-state index contributed by atoms with van der Waals surface area (Å²) in [5.74, 6) is 0. The van der Waals surface area contributed by atoms with Gasteiger partial charge in [-0.1, -0.05) is 85.8 Å². The second-order valence-corrected chi connectivity index (χ2v) is 7.73. The largest absolute Gasteiger partial charge is 0.249 e. The lowest BCUT2D eigenvalue weighted by Crippen LogP contribution is -2.48. The number of hydrogen-bond acceptors (Lipinski definition) is 0. The highest BCUT2D eigenvalue weighted by molar-refractivity contribution is 5.31. The van der Waals surface area contributed by atoms with Crippen LogP contribution in [0.5, 0.6) is 0 Å². The minimum absolute atomic E-state index is 0.0316. The normalized spacial score (nSPS) is 14.4. The van der Waals surface area contributed by atoms with Crippen LogP contribution < -0.4 is 4.57 Å². The molecule has 140 valence electrons. The maximum Gasteiger partial charge on any atom is 0.249 e. The summed E-state index contributed by atoms with van der Waals surface area (Å²) in [7, 11) is 0. The molecule has 28 heavy (non-hydrogen) atoms. The Balaban J connectivity index is 1.71. The van der Waals surface area contributed by atoms with Crippen LogP contribution in [-0.2, 0) is 11.8 Å². The fourth-order valence-electron chi connectivity index (χ4n) is 4.01. The third kappa shape index (κ3) is 3.63. The third-order valence-corrected chi connectivity index (χ3v) is 5.93. The Morgan fingerprint density at radius 1 is 0.821 bits per heavy atom. The SMILES string of the molecule is CC([n+]1ccn(-c2ccccc2)c1)C(C)(Cc1ccccc1)c1ccccc1. The van der Waals surface area contributed by atoms with E-state index < -0.39 is 0 Å². The zero-order chi connectivity index (χ0) is 19.4. The van der Waals surface area contributed by atoms with Crippen molar-refractivity contribution in [2.45, 2.75) is 31.7 Å². The summed E-state index contributed by atoms with van der Waals surface area (Å²) in [5.41, 5.74) is 3.88. The highest BCUT2D eigenvalue weighted by atomic mass is 15.1. The summed E-state index contributed by atoms with van der Waals surface area (Å²) in [4.78, 5) is 0. The monoisotopic (exact) mass is 367 g/mol. The molecule has 0 aliphatic rings. The molecular weight excluding hydrogens is 340 g/mol. The van der Waals surface area contributed by atoms with Crippen LogP contribution in [-0.4, -0.2) is 4.57 Å². The van der Waals surface area contributed by atoms with E-state index in [1.54, 1.807) is 0 Å². The van der Waals surface area contributed by atoms with Gasteiger partial charge in [0.15, 0.2) is 0 Å². The van der Waals surface area contributed by atoms with Gasteiger partial charge >= 0.3 is 0 Å². The van der Waals surface area contributed by atoms with Crippen molar-refractivity contribution in [3.63, 3.8) is 0 Å². The van der Waals surface area contributed by atoms with E-state index in [1.165, 1.54) is 16.8 Å². The second kappa shape index (κ2) is 7.85. The van der Waals surface area contributed by atoms with Gasteiger partial charge in [0.2, 0.25) is 6.33 Å². The number of imidazole rings is 1. The van der Waals surface area contributed by atoms with Crippen LogP contribution in [0.15, 0.2) is 110 Å². The van der Waals surface area contributed by atoms with E-state index in [4.69, 9.17) is 0 Å². The van der Waals surface area contributed by atoms with Gasteiger partial charge in [-0.15, -0.1) is 0 Å². The van der Waals surface area contributed by atoms with E-state index in [2.05, 4.69) is 133 Å². The molecule has 0 fully saturated rings. The molecule has 0 aliphatic heterocycles. The van der Waals surface area contributed by atoms with Crippen molar-refractivity contribution in [2.75, 3.05) is 0 Å². The average Bonchev–Trinajstić information content (AvgIpc) is 3.25. The van der Waals surface area contributed by atoms with E-state index in [9.17, 15) is 0 Å². The standard InChI is InChI=1S/C26H27N2/c1-22(27-18-19-28(21-27)25-16-10-5-11-17-25)26(2,24-14-8-4-9-15-24)20-23-12-6-3-7-13-23/h3-19,21-22H,20H2,1-2H3/q+1. The topological polar surface area (TPSA) is 8.81 Å². The van der Waals surface area contributed by atoms with E-state index in [1.807, 2.05) is 0 Å². The first-order chi connectivity index (χ1) is 13.7. The lowest BCUT2D eigenvalue weighted by atomic mass is 9.72. The summed E-state index contributed by atoms with van der Waals surface area (Å²) in [5, 5.41) is 0. The molecule has 0 amide bonds. The molecule has 0 spiro atoms. The van der Waals surface area contributed by atoms with Gasteiger partial charge in [0, 0.05) is 5.41 Å². The highest BCUT2D eigenvalue weighted by Gasteiger charge is 2.37. The molecule has 4 rings (SSSR count). The second-order valence-electron chi connectivity index (χ2n) is 7.73. The van der Waals surface area contributed by atoms with Gasteiger partial charge in [-0.25, -0.2) is 9.13 Å². The number of hydrogen-bond donors (Lipinski definition) is 0. The van der Waals surface area contributed by atoms with Gasteiger partial charge < -0.3 is 0 Å². The van der Waals surface area contributed by atoms with Crippen molar-refractivity contribution in [1.82, 2.24) is 4.57 Å². The fourth-order valence-corrected chi connectivity index (χ4v) is 4.01. The lowest BCUT2D eigenvalue weighted by molar-refractivity contribution is -0.727. The van der Waals surface area contributed by atoms with Crippen LogP contribution in [0.1, 0.15) is 31.0 Å². The van der Waals surface area contributed by atoms with Crippen LogP contribution in [0.3, 0.4) is 0 Å². The molecule has 0 radical (unpaired) electrons. The first-order valence-electron chi connectivity index (χ1n) is 9.90. The molecule has 2 unspecified atom stereocenters. The zero-order valence-corrected chi connectivity index (χ0v) is 16.6. The van der Waals surface area contributed by atoms with Gasteiger partial charge in [-0.2, -0.15) is 0 Å². The molecule has 2 atom stereocenters. The van der Waals surface area contributed by atoms with E-state index in [0.717, 1.165) is 6.42 Å². The molecule has 1 aromatic heterocycles. The number of rotatable bonds is 6. The van der Waals surface area contributed by atoms with Crippen LogP contribution in [0.2, 0.25) is 0 Å². The predicted octanol–water partition coefficient (Wildman–Crippen LogP) is 5.53. The van der Waals surface area contributed by atoms with Crippen LogP contribution in [0, 0.1) is 0 Å². The van der Waals surface area contributed by atoms with Gasteiger partial charge in [0.05, 0.1) is 0 Å². The third-order valence-electron chi connectivity index (χ3n) is 5.93. The van der Waals surface area contributed by atoms with E-state index in [0.29, 0.717) is 6.04 Å². The number of benzene rings is 3. The number of nitrogens with zero attached hydrogens (tertiary/aromatic N) is 2. The molecule has 1 heterocycles. The first kappa shape index (κ1) is 18.2. The van der Waals surface area contributed by atoms with Crippen molar-refractivity contribution in [2.24, 2.45) is 0 Å². The average molecular weight is 368 g/mol. The molecule has 0 bridgehead atoms. The smallest absolute Gasteiger partial charge is 0.233 e.